The Morgan fingerprint density at radius 2 is 1.88 bits per heavy atom. The number of hydrogen-bond donors (Lipinski definition) is 0. The summed E-state index contributed by atoms with van der Waals surface area (Å²) in [6, 6.07) is 7.37. The van der Waals surface area contributed by atoms with Crippen molar-refractivity contribution in [3.05, 3.63) is 51.2 Å². The van der Waals surface area contributed by atoms with Crippen LogP contribution in [0.15, 0.2) is 29.1 Å². The van der Waals surface area contributed by atoms with E-state index in [4.69, 9.17) is 11.6 Å². The lowest BCUT2D eigenvalue weighted by atomic mass is 9.97. The lowest BCUT2D eigenvalue weighted by molar-refractivity contribution is 0.311. The zero-order valence-corrected chi connectivity index (χ0v) is 15.8. The molecule has 1 saturated heterocycles. The van der Waals surface area contributed by atoms with Gasteiger partial charge in [0.1, 0.15) is 5.82 Å². The van der Waals surface area contributed by atoms with Crippen LogP contribution < -0.4 is 5.69 Å². The van der Waals surface area contributed by atoms with E-state index in [0.717, 1.165) is 5.56 Å². The normalized spacial score (nSPS) is 17.1. The first-order valence-electron chi connectivity index (χ1n) is 8.09. The number of rotatable bonds is 4. The summed E-state index contributed by atoms with van der Waals surface area (Å²) in [4.78, 5) is 12.5. The van der Waals surface area contributed by atoms with E-state index in [-0.39, 0.29) is 11.6 Å². The lowest BCUT2D eigenvalue weighted by Gasteiger charge is -2.29. The Morgan fingerprint density at radius 1 is 1.24 bits per heavy atom. The van der Waals surface area contributed by atoms with E-state index in [2.05, 4.69) is 5.10 Å². The van der Waals surface area contributed by atoms with Crippen molar-refractivity contribution in [3.8, 4) is 0 Å². The van der Waals surface area contributed by atoms with Gasteiger partial charge in [0.2, 0.25) is 10.0 Å². The Hall–Kier alpha value is -1.64. The van der Waals surface area contributed by atoms with Crippen molar-refractivity contribution >= 4 is 21.6 Å². The Bertz CT molecular complexity index is 927. The Labute approximate surface area is 151 Å². The number of benzene rings is 1. The predicted molar refractivity (Wildman–Crippen MR) is 96.4 cm³/mol. The minimum Gasteiger partial charge on any atom is -0.282 e. The monoisotopic (exact) mass is 384 g/mol. The third kappa shape index (κ3) is 3.80. The van der Waals surface area contributed by atoms with Crippen LogP contribution in [0, 0.1) is 0 Å². The molecule has 0 bridgehead atoms. The number of aromatic nitrogens is 3. The van der Waals surface area contributed by atoms with Crippen LogP contribution in [0.4, 0.5) is 0 Å². The van der Waals surface area contributed by atoms with Gasteiger partial charge < -0.3 is 0 Å². The first kappa shape index (κ1) is 18.2. The average Bonchev–Trinajstić information content (AvgIpc) is 2.85. The molecule has 0 saturated carbocycles. The number of nitrogens with zero attached hydrogens (tertiary/aromatic N) is 4. The van der Waals surface area contributed by atoms with Crippen molar-refractivity contribution in [2.75, 3.05) is 19.3 Å². The van der Waals surface area contributed by atoms with E-state index in [0.29, 0.717) is 43.3 Å². The van der Waals surface area contributed by atoms with Gasteiger partial charge in [-0.15, -0.1) is 0 Å². The summed E-state index contributed by atoms with van der Waals surface area (Å²) in [5.74, 6) is 0.772. The van der Waals surface area contributed by atoms with Gasteiger partial charge in [-0.2, -0.15) is 5.10 Å². The highest BCUT2D eigenvalue weighted by molar-refractivity contribution is 7.88. The summed E-state index contributed by atoms with van der Waals surface area (Å²) >= 11 is 6.17. The minimum absolute atomic E-state index is 0.0724. The molecule has 25 heavy (non-hydrogen) atoms. The molecule has 0 atom stereocenters. The van der Waals surface area contributed by atoms with Crippen molar-refractivity contribution in [1.29, 1.82) is 0 Å². The first-order chi connectivity index (χ1) is 11.8. The van der Waals surface area contributed by atoms with Gasteiger partial charge in [-0.05, 0) is 24.5 Å². The minimum atomic E-state index is -3.17. The topological polar surface area (TPSA) is 77.2 Å². The molecule has 0 spiro atoms. The molecule has 2 aromatic rings. The Kier molecular flexibility index (Phi) is 5.04. The molecule has 1 aliphatic heterocycles. The van der Waals surface area contributed by atoms with Gasteiger partial charge >= 0.3 is 5.69 Å². The van der Waals surface area contributed by atoms with E-state index < -0.39 is 10.0 Å². The molecule has 1 aromatic heterocycles. The maximum atomic E-state index is 12.5. The van der Waals surface area contributed by atoms with Crippen molar-refractivity contribution in [3.63, 3.8) is 0 Å². The van der Waals surface area contributed by atoms with Gasteiger partial charge in [0, 0.05) is 31.1 Å². The molecule has 1 fully saturated rings. The molecular formula is C16H21ClN4O3S. The maximum absolute atomic E-state index is 12.5. The van der Waals surface area contributed by atoms with E-state index in [1.165, 1.54) is 15.2 Å². The Morgan fingerprint density at radius 3 is 2.48 bits per heavy atom. The molecule has 0 unspecified atom stereocenters. The van der Waals surface area contributed by atoms with Crippen LogP contribution in [0.5, 0.6) is 0 Å². The van der Waals surface area contributed by atoms with Gasteiger partial charge in [0.15, 0.2) is 0 Å². The highest BCUT2D eigenvalue weighted by Gasteiger charge is 2.29. The molecule has 2 heterocycles. The van der Waals surface area contributed by atoms with E-state index in [1.54, 1.807) is 17.7 Å². The number of piperidine rings is 1. The lowest BCUT2D eigenvalue weighted by Crippen LogP contribution is -2.37. The predicted octanol–water partition coefficient (Wildman–Crippen LogP) is 1.42. The summed E-state index contributed by atoms with van der Waals surface area (Å²) in [5, 5.41) is 5.10. The molecule has 0 amide bonds. The largest absolute Gasteiger partial charge is 0.345 e. The van der Waals surface area contributed by atoms with E-state index >= 15 is 0 Å². The molecule has 7 nitrogen and oxygen atoms in total. The molecule has 0 N–H and O–H groups in total. The van der Waals surface area contributed by atoms with Crippen LogP contribution in [-0.4, -0.2) is 46.4 Å². The maximum Gasteiger partial charge on any atom is 0.345 e. The Balaban J connectivity index is 1.81. The fourth-order valence-electron chi connectivity index (χ4n) is 3.20. The van der Waals surface area contributed by atoms with E-state index in [9.17, 15) is 13.2 Å². The van der Waals surface area contributed by atoms with Gasteiger partial charge in [0.05, 0.1) is 12.8 Å². The number of hydrogen-bond acceptors (Lipinski definition) is 4. The quantitative estimate of drug-likeness (QED) is 0.798. The van der Waals surface area contributed by atoms with Crippen LogP contribution in [0.25, 0.3) is 0 Å². The summed E-state index contributed by atoms with van der Waals surface area (Å²) in [6.07, 6.45) is 2.54. The van der Waals surface area contributed by atoms with Crippen LogP contribution in [-0.2, 0) is 23.6 Å². The van der Waals surface area contributed by atoms with Crippen LogP contribution in [0.1, 0.15) is 30.1 Å². The van der Waals surface area contributed by atoms with Gasteiger partial charge in [-0.3, -0.25) is 4.57 Å². The summed E-state index contributed by atoms with van der Waals surface area (Å²) < 4.78 is 27.7. The van der Waals surface area contributed by atoms with Gasteiger partial charge in [0.25, 0.3) is 0 Å². The number of sulfonamides is 1. The van der Waals surface area contributed by atoms with Crippen molar-refractivity contribution < 1.29 is 8.42 Å². The smallest absolute Gasteiger partial charge is 0.282 e. The zero-order valence-electron chi connectivity index (χ0n) is 14.2. The fraction of sp³-hybridized carbons (Fsp3) is 0.500. The van der Waals surface area contributed by atoms with Crippen molar-refractivity contribution in [1.82, 2.24) is 18.7 Å². The summed E-state index contributed by atoms with van der Waals surface area (Å²) in [5.41, 5.74) is 0.642. The first-order valence-corrected chi connectivity index (χ1v) is 10.3. The standard InChI is InChI=1S/C16H21ClN4O3S/c1-19-15(12-7-9-20(10-8-12)25(2,23)24)18-21(16(19)22)11-13-5-3-4-6-14(13)17/h3-6,12H,7-11H2,1-2H3. The van der Waals surface area contributed by atoms with Crippen molar-refractivity contribution in [2.45, 2.75) is 25.3 Å². The highest BCUT2D eigenvalue weighted by atomic mass is 35.5. The average molecular weight is 385 g/mol. The molecule has 136 valence electrons. The van der Waals surface area contributed by atoms with Crippen LogP contribution >= 0.6 is 11.6 Å². The molecule has 3 rings (SSSR count). The van der Waals surface area contributed by atoms with Crippen LogP contribution in [0.3, 0.4) is 0 Å². The highest BCUT2D eigenvalue weighted by Crippen LogP contribution is 2.27. The molecule has 1 aliphatic rings. The second-order valence-corrected chi connectivity index (χ2v) is 8.77. The molecule has 0 radical (unpaired) electrons. The SMILES string of the molecule is Cn1c(C2CCN(S(C)(=O)=O)CC2)nn(Cc2ccccc2Cl)c1=O. The van der Waals surface area contributed by atoms with Gasteiger partial charge in [-0.1, -0.05) is 29.8 Å². The van der Waals surface area contributed by atoms with Crippen LogP contribution in [0.2, 0.25) is 5.02 Å². The summed E-state index contributed by atoms with van der Waals surface area (Å²) in [7, 11) is -1.46. The third-order valence-corrected chi connectivity index (χ3v) is 6.31. The third-order valence-electron chi connectivity index (χ3n) is 4.64. The number of halogens is 1. The fourth-order valence-corrected chi connectivity index (χ4v) is 4.27. The second kappa shape index (κ2) is 6.93. The molecule has 9 heteroatoms. The van der Waals surface area contributed by atoms with E-state index in [1.807, 2.05) is 18.2 Å². The van der Waals surface area contributed by atoms with Gasteiger partial charge in [-0.25, -0.2) is 22.2 Å². The molecule has 1 aromatic carbocycles. The summed E-state index contributed by atoms with van der Waals surface area (Å²) in [6.45, 7) is 1.22. The zero-order chi connectivity index (χ0) is 18.2. The molecule has 0 aliphatic carbocycles. The second-order valence-electron chi connectivity index (χ2n) is 6.39. The van der Waals surface area contributed by atoms with Crippen molar-refractivity contribution in [2.24, 2.45) is 7.05 Å². The molecular weight excluding hydrogens is 364 g/mol.